The number of ether oxygens (including phenoxy) is 1. The van der Waals surface area contributed by atoms with Crippen LogP contribution in [0.15, 0.2) is 64.0 Å². The average Bonchev–Trinajstić information content (AvgIpc) is 3.11. The Morgan fingerprint density at radius 1 is 1.11 bits per heavy atom. The van der Waals surface area contributed by atoms with E-state index in [2.05, 4.69) is 9.98 Å². The van der Waals surface area contributed by atoms with Gasteiger partial charge in [-0.1, -0.05) is 17.7 Å². The molecule has 1 heterocycles. The van der Waals surface area contributed by atoms with Gasteiger partial charge in [0, 0.05) is 22.4 Å². The fourth-order valence-electron chi connectivity index (χ4n) is 2.81. The van der Waals surface area contributed by atoms with Crippen LogP contribution in [0.1, 0.15) is 11.1 Å². The first-order valence-corrected chi connectivity index (χ1v) is 8.99. The average molecular weight is 393 g/mol. The van der Waals surface area contributed by atoms with Crippen LogP contribution < -0.4 is 4.74 Å². The van der Waals surface area contributed by atoms with Gasteiger partial charge in [-0.2, -0.15) is 0 Å². The number of benzene rings is 3. The zero-order valence-electron chi connectivity index (χ0n) is 15.3. The Labute approximate surface area is 166 Å². The molecule has 4 aromatic rings. The number of aryl methyl sites for hydroxylation is 1. The van der Waals surface area contributed by atoms with Gasteiger partial charge in [0.1, 0.15) is 17.0 Å². The Kier molecular flexibility index (Phi) is 4.75. The summed E-state index contributed by atoms with van der Waals surface area (Å²) >= 11 is 6.02. The molecule has 0 radical (unpaired) electrons. The number of aliphatic imine (C=N–C) groups is 1. The lowest BCUT2D eigenvalue weighted by Crippen LogP contribution is -1.87. The number of oxazole rings is 1. The summed E-state index contributed by atoms with van der Waals surface area (Å²) in [5.74, 6) is 1.28. The quantitative estimate of drug-likeness (QED) is 0.437. The molecular weight excluding hydrogens is 376 g/mol. The molecule has 0 unspecified atom stereocenters. The van der Waals surface area contributed by atoms with Crippen molar-refractivity contribution in [3.8, 4) is 23.0 Å². The normalized spacial score (nSPS) is 11.4. The van der Waals surface area contributed by atoms with Gasteiger partial charge in [-0.05, 0) is 61.0 Å². The Morgan fingerprint density at radius 3 is 2.79 bits per heavy atom. The number of fused-ring (bicyclic) bond motifs is 1. The summed E-state index contributed by atoms with van der Waals surface area (Å²) in [5, 5.41) is 10.6. The van der Waals surface area contributed by atoms with Crippen LogP contribution in [0.3, 0.4) is 0 Å². The molecular formula is C22H17ClN2O3. The van der Waals surface area contributed by atoms with Gasteiger partial charge in [0.05, 0.1) is 12.8 Å². The maximum Gasteiger partial charge on any atom is 0.227 e. The summed E-state index contributed by atoms with van der Waals surface area (Å²) in [7, 11) is 1.58. The lowest BCUT2D eigenvalue weighted by Gasteiger charge is -2.05. The summed E-state index contributed by atoms with van der Waals surface area (Å²) in [6, 6.07) is 16.1. The van der Waals surface area contributed by atoms with E-state index < -0.39 is 0 Å². The fraction of sp³-hybridized carbons (Fsp3) is 0.0909. The Bertz CT molecular complexity index is 1200. The maximum atomic E-state index is 10.0. The molecule has 140 valence electrons. The van der Waals surface area contributed by atoms with Crippen molar-refractivity contribution in [2.24, 2.45) is 4.99 Å². The van der Waals surface area contributed by atoms with Crippen molar-refractivity contribution >= 4 is 34.6 Å². The first-order chi connectivity index (χ1) is 13.5. The number of nitrogens with zero attached hydrogens (tertiary/aromatic N) is 2. The van der Waals surface area contributed by atoms with Crippen molar-refractivity contribution in [3.05, 3.63) is 70.7 Å². The third kappa shape index (κ3) is 3.57. The Hall–Kier alpha value is -3.31. The van der Waals surface area contributed by atoms with Crippen LogP contribution in [-0.2, 0) is 0 Å². The van der Waals surface area contributed by atoms with E-state index in [1.54, 1.807) is 49.7 Å². The minimum atomic E-state index is 0.134. The van der Waals surface area contributed by atoms with E-state index in [-0.39, 0.29) is 5.75 Å². The molecule has 1 N–H and O–H groups in total. The first-order valence-electron chi connectivity index (χ1n) is 8.62. The molecule has 0 aliphatic heterocycles. The molecule has 0 aliphatic carbocycles. The summed E-state index contributed by atoms with van der Waals surface area (Å²) in [4.78, 5) is 9.05. The number of hydrogen-bond donors (Lipinski definition) is 1. The number of phenolic OH excluding ortho intramolecular Hbond substituents is 1. The molecule has 28 heavy (non-hydrogen) atoms. The first kappa shape index (κ1) is 18.1. The highest BCUT2D eigenvalue weighted by molar-refractivity contribution is 6.31. The highest BCUT2D eigenvalue weighted by Crippen LogP contribution is 2.30. The van der Waals surface area contributed by atoms with Crippen LogP contribution in [0.25, 0.3) is 22.6 Å². The van der Waals surface area contributed by atoms with E-state index >= 15 is 0 Å². The second kappa shape index (κ2) is 7.37. The molecule has 0 amide bonds. The number of methoxy groups -OCH3 is 1. The van der Waals surface area contributed by atoms with Crippen molar-refractivity contribution in [2.45, 2.75) is 6.92 Å². The summed E-state index contributed by atoms with van der Waals surface area (Å²) in [6.07, 6.45) is 1.61. The summed E-state index contributed by atoms with van der Waals surface area (Å²) < 4.78 is 11.0. The van der Waals surface area contributed by atoms with Gasteiger partial charge in [0.15, 0.2) is 5.58 Å². The molecule has 5 nitrogen and oxygen atoms in total. The second-order valence-electron chi connectivity index (χ2n) is 6.32. The molecule has 0 saturated carbocycles. The van der Waals surface area contributed by atoms with E-state index in [0.29, 0.717) is 33.3 Å². The van der Waals surface area contributed by atoms with E-state index in [0.717, 1.165) is 16.8 Å². The van der Waals surface area contributed by atoms with E-state index in [9.17, 15) is 5.11 Å². The van der Waals surface area contributed by atoms with Gasteiger partial charge in [-0.3, -0.25) is 4.99 Å². The van der Waals surface area contributed by atoms with Gasteiger partial charge in [0.25, 0.3) is 0 Å². The van der Waals surface area contributed by atoms with Crippen LogP contribution in [0.4, 0.5) is 5.69 Å². The highest BCUT2D eigenvalue weighted by atomic mass is 35.5. The molecule has 0 bridgehead atoms. The topological polar surface area (TPSA) is 67.8 Å². The molecule has 0 aliphatic rings. The van der Waals surface area contributed by atoms with Crippen molar-refractivity contribution in [1.82, 2.24) is 4.98 Å². The summed E-state index contributed by atoms with van der Waals surface area (Å²) in [6.45, 7) is 1.97. The monoisotopic (exact) mass is 392 g/mol. The number of aromatic nitrogens is 1. The van der Waals surface area contributed by atoms with Gasteiger partial charge < -0.3 is 14.3 Å². The maximum absolute atomic E-state index is 10.0. The number of hydrogen-bond acceptors (Lipinski definition) is 5. The molecule has 3 aromatic carbocycles. The van der Waals surface area contributed by atoms with Crippen LogP contribution in [0, 0.1) is 6.92 Å². The van der Waals surface area contributed by atoms with E-state index in [1.165, 1.54) is 0 Å². The van der Waals surface area contributed by atoms with Crippen molar-refractivity contribution in [1.29, 1.82) is 0 Å². The Morgan fingerprint density at radius 2 is 1.96 bits per heavy atom. The molecule has 0 spiro atoms. The largest absolute Gasteiger partial charge is 0.507 e. The van der Waals surface area contributed by atoms with E-state index in [1.807, 2.05) is 25.1 Å². The van der Waals surface area contributed by atoms with Crippen LogP contribution >= 0.6 is 11.6 Å². The molecule has 0 fully saturated rings. The van der Waals surface area contributed by atoms with Gasteiger partial charge >= 0.3 is 0 Å². The predicted octanol–water partition coefficient (Wildman–Crippen LogP) is 5.92. The lowest BCUT2D eigenvalue weighted by molar-refractivity contribution is 0.412. The molecule has 1 aromatic heterocycles. The lowest BCUT2D eigenvalue weighted by atomic mass is 10.1. The zero-order valence-corrected chi connectivity index (χ0v) is 16.1. The molecule has 0 atom stereocenters. The van der Waals surface area contributed by atoms with Crippen molar-refractivity contribution < 1.29 is 14.3 Å². The van der Waals surface area contributed by atoms with Crippen molar-refractivity contribution in [3.63, 3.8) is 0 Å². The standard InChI is InChI=1S/C22H17ClN2O3/c1-13-3-4-14(22-25-19-11-16(23)5-8-21(19)28-22)10-18(13)24-12-15-9-17(27-2)6-7-20(15)26/h3-12,26H,1-2H3. The van der Waals surface area contributed by atoms with Crippen molar-refractivity contribution in [2.75, 3.05) is 7.11 Å². The number of halogens is 1. The minimum absolute atomic E-state index is 0.134. The number of phenols is 1. The third-order valence-electron chi connectivity index (χ3n) is 4.38. The minimum Gasteiger partial charge on any atom is -0.507 e. The van der Waals surface area contributed by atoms with Gasteiger partial charge in [-0.25, -0.2) is 4.98 Å². The third-order valence-corrected chi connectivity index (χ3v) is 4.62. The van der Waals surface area contributed by atoms with E-state index in [4.69, 9.17) is 20.8 Å². The van der Waals surface area contributed by atoms with Gasteiger partial charge in [-0.15, -0.1) is 0 Å². The smallest absolute Gasteiger partial charge is 0.227 e. The number of aromatic hydroxyl groups is 1. The molecule has 4 rings (SSSR count). The second-order valence-corrected chi connectivity index (χ2v) is 6.75. The van der Waals surface area contributed by atoms with Gasteiger partial charge in [0.2, 0.25) is 5.89 Å². The Balaban J connectivity index is 1.70. The molecule has 6 heteroatoms. The van der Waals surface area contributed by atoms with Crippen LogP contribution in [0.2, 0.25) is 5.02 Å². The molecule has 0 saturated heterocycles. The predicted molar refractivity (Wildman–Crippen MR) is 111 cm³/mol. The summed E-state index contributed by atoms with van der Waals surface area (Å²) in [5.41, 5.74) is 4.49. The number of rotatable bonds is 4. The van der Waals surface area contributed by atoms with Crippen LogP contribution in [0.5, 0.6) is 11.5 Å². The fourth-order valence-corrected chi connectivity index (χ4v) is 2.97. The SMILES string of the molecule is COc1ccc(O)c(C=Nc2cc(-c3nc4cc(Cl)ccc4o3)ccc2C)c1. The zero-order chi connectivity index (χ0) is 19.7. The highest BCUT2D eigenvalue weighted by Gasteiger charge is 2.10. The van der Waals surface area contributed by atoms with Crippen LogP contribution in [-0.4, -0.2) is 23.4 Å².